The standard InChI is InChI=1S/C25H24N2O2S/c1-17-8-4-6-10-22(17)26-24(28)21(16-19-12-14-20(30-3)15-13-19)25(29)27-23-11-7-5-9-18(23)2/h4-16H,1-3H3,(H,26,28)(H,27,29). The molecule has 0 bridgehead atoms. The molecule has 0 unspecified atom stereocenters. The van der Waals surface area contributed by atoms with Crippen molar-refractivity contribution < 1.29 is 9.59 Å². The first-order valence-electron chi connectivity index (χ1n) is 9.57. The highest BCUT2D eigenvalue weighted by Crippen LogP contribution is 2.20. The van der Waals surface area contributed by atoms with Gasteiger partial charge in [-0.2, -0.15) is 0 Å². The molecule has 3 rings (SSSR count). The second-order valence-electron chi connectivity index (χ2n) is 6.87. The molecule has 0 aliphatic rings. The van der Waals surface area contributed by atoms with Crippen molar-refractivity contribution in [3.63, 3.8) is 0 Å². The number of nitrogens with one attached hydrogen (secondary N) is 2. The molecule has 30 heavy (non-hydrogen) atoms. The smallest absolute Gasteiger partial charge is 0.261 e. The minimum absolute atomic E-state index is 0.0402. The molecule has 3 aromatic carbocycles. The van der Waals surface area contributed by atoms with E-state index in [0.29, 0.717) is 11.4 Å². The van der Waals surface area contributed by atoms with Crippen LogP contribution in [0.5, 0.6) is 0 Å². The summed E-state index contributed by atoms with van der Waals surface area (Å²) in [6.07, 6.45) is 3.62. The Morgan fingerprint density at radius 1 is 0.733 bits per heavy atom. The zero-order chi connectivity index (χ0) is 21.5. The van der Waals surface area contributed by atoms with Crippen LogP contribution in [-0.2, 0) is 9.59 Å². The molecular weight excluding hydrogens is 392 g/mol. The summed E-state index contributed by atoms with van der Waals surface area (Å²) in [5, 5.41) is 5.72. The Labute approximate surface area is 181 Å². The zero-order valence-electron chi connectivity index (χ0n) is 17.2. The molecule has 0 saturated carbocycles. The molecule has 0 radical (unpaired) electrons. The number of hydrogen-bond acceptors (Lipinski definition) is 3. The number of para-hydroxylation sites is 2. The van der Waals surface area contributed by atoms with E-state index in [9.17, 15) is 9.59 Å². The highest BCUT2D eigenvalue weighted by molar-refractivity contribution is 7.98. The minimum Gasteiger partial charge on any atom is -0.322 e. The van der Waals surface area contributed by atoms with Crippen molar-refractivity contribution in [1.82, 2.24) is 0 Å². The van der Waals surface area contributed by atoms with Crippen molar-refractivity contribution >= 4 is 41.0 Å². The molecule has 2 N–H and O–H groups in total. The molecule has 0 spiro atoms. The van der Waals surface area contributed by atoms with E-state index in [-0.39, 0.29) is 5.57 Å². The van der Waals surface area contributed by atoms with Crippen LogP contribution < -0.4 is 10.6 Å². The topological polar surface area (TPSA) is 58.2 Å². The van der Waals surface area contributed by atoms with Gasteiger partial charge in [0.15, 0.2) is 0 Å². The SMILES string of the molecule is CSc1ccc(C=C(C(=O)Nc2ccccc2C)C(=O)Nc2ccccc2C)cc1. The van der Waals surface area contributed by atoms with Crippen LogP contribution in [0.15, 0.2) is 83.3 Å². The Morgan fingerprint density at radius 2 is 1.20 bits per heavy atom. The molecule has 0 aliphatic carbocycles. The summed E-state index contributed by atoms with van der Waals surface area (Å²) >= 11 is 1.64. The number of benzene rings is 3. The van der Waals surface area contributed by atoms with E-state index in [2.05, 4.69) is 10.6 Å². The summed E-state index contributed by atoms with van der Waals surface area (Å²) in [5.41, 5.74) is 4.02. The monoisotopic (exact) mass is 416 g/mol. The summed E-state index contributed by atoms with van der Waals surface area (Å²) in [5.74, 6) is -0.909. The third-order valence-electron chi connectivity index (χ3n) is 4.70. The summed E-state index contributed by atoms with van der Waals surface area (Å²) < 4.78 is 0. The van der Waals surface area contributed by atoms with Crippen molar-refractivity contribution in [2.45, 2.75) is 18.7 Å². The van der Waals surface area contributed by atoms with Crippen LogP contribution in [0.25, 0.3) is 6.08 Å². The fourth-order valence-electron chi connectivity index (χ4n) is 2.91. The number of carbonyl (C=O) groups excluding carboxylic acids is 2. The largest absolute Gasteiger partial charge is 0.322 e. The molecule has 152 valence electrons. The van der Waals surface area contributed by atoms with E-state index >= 15 is 0 Å². The van der Waals surface area contributed by atoms with Gasteiger partial charge in [-0.3, -0.25) is 9.59 Å². The number of anilines is 2. The maximum absolute atomic E-state index is 13.1. The van der Waals surface area contributed by atoms with E-state index in [4.69, 9.17) is 0 Å². The average Bonchev–Trinajstić information content (AvgIpc) is 2.75. The van der Waals surface area contributed by atoms with E-state index in [1.807, 2.05) is 92.9 Å². The number of thioether (sulfide) groups is 1. The Hall–Kier alpha value is -3.31. The molecule has 0 atom stereocenters. The van der Waals surface area contributed by atoms with Crippen LogP contribution in [-0.4, -0.2) is 18.1 Å². The Morgan fingerprint density at radius 3 is 1.63 bits per heavy atom. The van der Waals surface area contributed by atoms with Gasteiger partial charge < -0.3 is 10.6 Å². The Bertz CT molecular complexity index is 1030. The van der Waals surface area contributed by atoms with Gasteiger partial charge in [0.1, 0.15) is 5.57 Å². The van der Waals surface area contributed by atoms with Gasteiger partial charge in [0.25, 0.3) is 11.8 Å². The molecule has 3 aromatic rings. The highest BCUT2D eigenvalue weighted by atomic mass is 32.2. The predicted molar refractivity (Wildman–Crippen MR) is 126 cm³/mol. The van der Waals surface area contributed by atoms with Gasteiger partial charge in [0.05, 0.1) is 0 Å². The van der Waals surface area contributed by atoms with E-state index < -0.39 is 11.8 Å². The predicted octanol–water partition coefficient (Wildman–Crippen LogP) is 5.69. The summed E-state index contributed by atoms with van der Waals surface area (Å²) in [4.78, 5) is 27.2. The molecule has 2 amide bonds. The maximum atomic E-state index is 13.1. The number of aryl methyl sites for hydroxylation is 2. The first-order chi connectivity index (χ1) is 14.5. The number of carbonyl (C=O) groups is 2. The third-order valence-corrected chi connectivity index (χ3v) is 5.45. The van der Waals surface area contributed by atoms with Crippen LogP contribution in [0, 0.1) is 13.8 Å². The first kappa shape index (κ1) is 21.4. The molecule has 5 heteroatoms. The minimum atomic E-state index is -0.454. The molecule has 0 aliphatic heterocycles. The number of rotatable bonds is 6. The summed E-state index contributed by atoms with van der Waals surface area (Å²) in [6, 6.07) is 22.7. The van der Waals surface area contributed by atoms with Crippen molar-refractivity contribution in [2.75, 3.05) is 16.9 Å². The van der Waals surface area contributed by atoms with Gasteiger partial charge in [-0.05, 0) is 67.1 Å². The second-order valence-corrected chi connectivity index (χ2v) is 7.75. The van der Waals surface area contributed by atoms with Gasteiger partial charge in [0, 0.05) is 16.3 Å². The van der Waals surface area contributed by atoms with Crippen molar-refractivity contribution in [3.05, 3.63) is 95.1 Å². The number of hydrogen-bond donors (Lipinski definition) is 2. The van der Waals surface area contributed by atoms with Gasteiger partial charge in [-0.1, -0.05) is 48.5 Å². The lowest BCUT2D eigenvalue weighted by Crippen LogP contribution is -2.25. The van der Waals surface area contributed by atoms with E-state index in [0.717, 1.165) is 21.6 Å². The van der Waals surface area contributed by atoms with E-state index in [1.165, 1.54) is 0 Å². The van der Waals surface area contributed by atoms with Crippen LogP contribution in [0.1, 0.15) is 16.7 Å². The summed E-state index contributed by atoms with van der Waals surface area (Å²) in [7, 11) is 0. The Kier molecular flexibility index (Phi) is 7.09. The lowest BCUT2D eigenvalue weighted by Gasteiger charge is -2.13. The van der Waals surface area contributed by atoms with Crippen molar-refractivity contribution in [1.29, 1.82) is 0 Å². The second kappa shape index (κ2) is 9.94. The van der Waals surface area contributed by atoms with E-state index in [1.54, 1.807) is 17.8 Å². The third kappa shape index (κ3) is 5.39. The average molecular weight is 417 g/mol. The molecular formula is C25H24N2O2S. The van der Waals surface area contributed by atoms with Gasteiger partial charge in [-0.25, -0.2) is 0 Å². The zero-order valence-corrected chi connectivity index (χ0v) is 18.0. The van der Waals surface area contributed by atoms with Crippen LogP contribution in [0.2, 0.25) is 0 Å². The van der Waals surface area contributed by atoms with Crippen LogP contribution in [0.3, 0.4) is 0 Å². The maximum Gasteiger partial charge on any atom is 0.261 e. The quantitative estimate of drug-likeness (QED) is 0.235. The fraction of sp³-hybridized carbons (Fsp3) is 0.120. The van der Waals surface area contributed by atoms with Crippen molar-refractivity contribution in [3.8, 4) is 0 Å². The highest BCUT2D eigenvalue weighted by Gasteiger charge is 2.20. The normalized spacial score (nSPS) is 10.2. The first-order valence-corrected chi connectivity index (χ1v) is 10.8. The molecule has 0 heterocycles. The molecule has 0 aromatic heterocycles. The van der Waals surface area contributed by atoms with Gasteiger partial charge >= 0.3 is 0 Å². The molecule has 0 fully saturated rings. The number of amides is 2. The molecule has 4 nitrogen and oxygen atoms in total. The van der Waals surface area contributed by atoms with Gasteiger partial charge in [-0.15, -0.1) is 11.8 Å². The Balaban J connectivity index is 1.93. The summed E-state index contributed by atoms with van der Waals surface area (Å²) in [6.45, 7) is 3.82. The van der Waals surface area contributed by atoms with Crippen LogP contribution in [0.4, 0.5) is 11.4 Å². The fourth-order valence-corrected chi connectivity index (χ4v) is 3.31. The van der Waals surface area contributed by atoms with Gasteiger partial charge in [0.2, 0.25) is 0 Å². The van der Waals surface area contributed by atoms with Crippen molar-refractivity contribution in [2.24, 2.45) is 0 Å². The molecule has 0 saturated heterocycles. The lowest BCUT2D eigenvalue weighted by atomic mass is 10.1. The lowest BCUT2D eigenvalue weighted by molar-refractivity contribution is -0.118. The van der Waals surface area contributed by atoms with Crippen LogP contribution >= 0.6 is 11.8 Å².